The minimum Gasteiger partial charge on any atom is -0.396 e. The molecule has 0 fully saturated rings. The molecule has 1 aromatic rings. The van der Waals surface area contributed by atoms with Crippen molar-refractivity contribution in [3.05, 3.63) is 35.6 Å². The molecule has 0 saturated heterocycles. The number of rotatable bonds is 6. The van der Waals surface area contributed by atoms with E-state index in [0.717, 1.165) is 11.8 Å². The van der Waals surface area contributed by atoms with Gasteiger partial charge in [0, 0.05) is 13.2 Å². The zero-order valence-electron chi connectivity index (χ0n) is 9.56. The molecule has 0 radical (unpaired) electrons. The van der Waals surface area contributed by atoms with Gasteiger partial charge in [-0.1, -0.05) is 12.1 Å². The summed E-state index contributed by atoms with van der Waals surface area (Å²) >= 11 is 0. The summed E-state index contributed by atoms with van der Waals surface area (Å²) in [5.41, 5.74) is 0.802. The van der Waals surface area contributed by atoms with Crippen molar-refractivity contribution in [1.29, 1.82) is 0 Å². The molecule has 1 atom stereocenters. The Morgan fingerprint density at radius 3 is 2.41 bits per heavy atom. The van der Waals surface area contributed by atoms with Crippen LogP contribution >= 0.6 is 0 Å². The zero-order valence-corrected chi connectivity index (χ0v) is 10.4. The highest BCUT2D eigenvalue weighted by Crippen LogP contribution is 2.19. The number of sulfonamides is 1. The lowest BCUT2D eigenvalue weighted by Gasteiger charge is -2.16. The van der Waals surface area contributed by atoms with Gasteiger partial charge in [0.05, 0.1) is 6.26 Å². The highest BCUT2D eigenvalue weighted by molar-refractivity contribution is 7.88. The molecule has 0 aliphatic rings. The minimum absolute atomic E-state index is 0.0481. The number of benzene rings is 1. The summed E-state index contributed by atoms with van der Waals surface area (Å²) in [6, 6.07) is 5.83. The van der Waals surface area contributed by atoms with Crippen molar-refractivity contribution in [2.24, 2.45) is 0 Å². The van der Waals surface area contributed by atoms with Crippen LogP contribution in [0.25, 0.3) is 0 Å². The first-order chi connectivity index (χ1) is 7.92. The van der Waals surface area contributed by atoms with Gasteiger partial charge in [-0.15, -0.1) is 0 Å². The highest BCUT2D eigenvalue weighted by Gasteiger charge is 2.13. The third-order valence-electron chi connectivity index (χ3n) is 2.41. The second-order valence-electron chi connectivity index (χ2n) is 3.88. The first-order valence-electron chi connectivity index (χ1n) is 5.23. The van der Waals surface area contributed by atoms with Crippen molar-refractivity contribution in [2.45, 2.75) is 12.3 Å². The van der Waals surface area contributed by atoms with Crippen LogP contribution in [0.5, 0.6) is 0 Å². The predicted octanol–water partition coefficient (Wildman–Crippen LogP) is 0.841. The van der Waals surface area contributed by atoms with Gasteiger partial charge in [-0.2, -0.15) is 0 Å². The number of aliphatic hydroxyl groups is 1. The number of nitrogens with one attached hydrogen (secondary N) is 1. The van der Waals surface area contributed by atoms with Gasteiger partial charge in [0.2, 0.25) is 10.0 Å². The topological polar surface area (TPSA) is 66.4 Å². The molecule has 0 saturated carbocycles. The van der Waals surface area contributed by atoms with E-state index in [9.17, 15) is 12.8 Å². The Morgan fingerprint density at radius 1 is 1.35 bits per heavy atom. The Hall–Kier alpha value is -0.980. The maximum Gasteiger partial charge on any atom is 0.208 e. The zero-order chi connectivity index (χ0) is 12.9. The van der Waals surface area contributed by atoms with Crippen molar-refractivity contribution >= 4 is 10.0 Å². The molecule has 1 aromatic carbocycles. The Morgan fingerprint density at radius 2 is 1.94 bits per heavy atom. The molecule has 0 bridgehead atoms. The van der Waals surface area contributed by atoms with E-state index >= 15 is 0 Å². The number of hydrogen-bond acceptors (Lipinski definition) is 3. The summed E-state index contributed by atoms with van der Waals surface area (Å²) in [4.78, 5) is 0. The van der Waals surface area contributed by atoms with E-state index in [4.69, 9.17) is 5.11 Å². The van der Waals surface area contributed by atoms with Crippen LogP contribution in [-0.4, -0.2) is 32.9 Å². The molecule has 0 heterocycles. The van der Waals surface area contributed by atoms with Gasteiger partial charge in [0.25, 0.3) is 0 Å². The van der Waals surface area contributed by atoms with Crippen LogP contribution in [0.2, 0.25) is 0 Å². The molecule has 0 aliphatic carbocycles. The maximum atomic E-state index is 12.8. The highest BCUT2D eigenvalue weighted by atomic mass is 32.2. The Kier molecular flexibility index (Phi) is 5.04. The van der Waals surface area contributed by atoms with Gasteiger partial charge in [-0.05, 0) is 30.0 Å². The monoisotopic (exact) mass is 261 g/mol. The first kappa shape index (κ1) is 14.1. The summed E-state index contributed by atoms with van der Waals surface area (Å²) in [6.07, 6.45) is 1.50. The minimum atomic E-state index is -3.26. The summed E-state index contributed by atoms with van der Waals surface area (Å²) in [6.45, 7) is 0.151. The van der Waals surface area contributed by atoms with Crippen molar-refractivity contribution in [3.63, 3.8) is 0 Å². The van der Waals surface area contributed by atoms with Gasteiger partial charge in [0.1, 0.15) is 5.82 Å². The fourth-order valence-electron chi connectivity index (χ4n) is 1.53. The molecule has 1 rings (SSSR count). The quantitative estimate of drug-likeness (QED) is 0.797. The molecule has 0 spiro atoms. The molecule has 6 heteroatoms. The molecule has 96 valence electrons. The Balaban J connectivity index is 2.75. The number of hydrogen-bond donors (Lipinski definition) is 2. The molecular weight excluding hydrogens is 245 g/mol. The van der Waals surface area contributed by atoms with E-state index < -0.39 is 10.0 Å². The van der Waals surface area contributed by atoms with Crippen molar-refractivity contribution in [2.75, 3.05) is 19.4 Å². The molecule has 17 heavy (non-hydrogen) atoms. The summed E-state index contributed by atoms with van der Waals surface area (Å²) in [5, 5.41) is 8.93. The number of halogens is 1. The van der Waals surface area contributed by atoms with Crippen molar-refractivity contribution < 1.29 is 17.9 Å². The van der Waals surface area contributed by atoms with E-state index in [1.165, 1.54) is 12.1 Å². The second kappa shape index (κ2) is 6.09. The van der Waals surface area contributed by atoms with Crippen LogP contribution in [0.1, 0.15) is 17.9 Å². The van der Waals surface area contributed by atoms with E-state index in [1.807, 2.05) is 0 Å². The van der Waals surface area contributed by atoms with Gasteiger partial charge < -0.3 is 5.11 Å². The summed E-state index contributed by atoms with van der Waals surface area (Å²) < 4.78 is 37.1. The molecule has 0 aromatic heterocycles. The van der Waals surface area contributed by atoms with Crippen LogP contribution in [-0.2, 0) is 10.0 Å². The average Bonchev–Trinajstić information content (AvgIpc) is 2.24. The molecule has 0 aliphatic heterocycles. The van der Waals surface area contributed by atoms with Crippen LogP contribution in [0.15, 0.2) is 24.3 Å². The lowest BCUT2D eigenvalue weighted by Crippen LogP contribution is -2.27. The Labute approximate surface area is 101 Å². The van der Waals surface area contributed by atoms with E-state index in [0.29, 0.717) is 6.42 Å². The van der Waals surface area contributed by atoms with Gasteiger partial charge in [0.15, 0.2) is 0 Å². The smallest absolute Gasteiger partial charge is 0.208 e. The van der Waals surface area contributed by atoms with Gasteiger partial charge in [-0.25, -0.2) is 17.5 Å². The molecule has 2 N–H and O–H groups in total. The largest absolute Gasteiger partial charge is 0.396 e. The lowest BCUT2D eigenvalue weighted by molar-refractivity contribution is 0.275. The van der Waals surface area contributed by atoms with E-state index in [2.05, 4.69) is 4.72 Å². The van der Waals surface area contributed by atoms with Crippen molar-refractivity contribution in [1.82, 2.24) is 4.72 Å². The molecular formula is C11H16FNO3S. The average molecular weight is 261 g/mol. The third kappa shape index (κ3) is 5.25. The lowest BCUT2D eigenvalue weighted by atomic mass is 9.96. The predicted molar refractivity (Wildman–Crippen MR) is 63.7 cm³/mol. The van der Waals surface area contributed by atoms with E-state index in [1.54, 1.807) is 12.1 Å². The fraction of sp³-hybridized carbons (Fsp3) is 0.455. The molecule has 4 nitrogen and oxygen atoms in total. The normalized spacial score (nSPS) is 13.6. The fourth-order valence-corrected chi connectivity index (χ4v) is 2.03. The summed E-state index contributed by atoms with van der Waals surface area (Å²) in [7, 11) is -3.26. The molecule has 1 unspecified atom stereocenters. The van der Waals surface area contributed by atoms with Crippen LogP contribution < -0.4 is 4.72 Å². The SMILES string of the molecule is CS(=O)(=O)NCC(CCO)c1ccc(F)cc1. The number of aliphatic hydroxyl groups excluding tert-OH is 1. The van der Waals surface area contributed by atoms with Crippen molar-refractivity contribution in [3.8, 4) is 0 Å². The van der Waals surface area contributed by atoms with Crippen LogP contribution in [0, 0.1) is 5.82 Å². The van der Waals surface area contributed by atoms with Gasteiger partial charge in [-0.3, -0.25) is 0 Å². The summed E-state index contributed by atoms with van der Waals surface area (Å²) in [5.74, 6) is -0.497. The molecule has 0 amide bonds. The third-order valence-corrected chi connectivity index (χ3v) is 3.10. The second-order valence-corrected chi connectivity index (χ2v) is 5.71. The maximum absolute atomic E-state index is 12.8. The van der Waals surface area contributed by atoms with E-state index in [-0.39, 0.29) is 24.9 Å². The standard InChI is InChI=1S/C11H16FNO3S/c1-17(15,16)13-8-10(6-7-14)9-2-4-11(12)5-3-9/h2-5,10,13-14H,6-8H2,1H3. The first-order valence-corrected chi connectivity index (χ1v) is 7.12. The van der Waals surface area contributed by atoms with Crippen LogP contribution in [0.4, 0.5) is 4.39 Å². The van der Waals surface area contributed by atoms with Gasteiger partial charge >= 0.3 is 0 Å². The Bertz CT molecular complexity index is 444. The van der Waals surface area contributed by atoms with Crippen LogP contribution in [0.3, 0.4) is 0 Å².